The molecule has 98 valence electrons. The Balaban J connectivity index is 2.28. The Bertz CT molecular complexity index is 614. The molecule has 0 fully saturated rings. The molecule has 1 amide bonds. The van der Waals surface area contributed by atoms with Crippen molar-refractivity contribution in [2.75, 3.05) is 18.2 Å². The quantitative estimate of drug-likeness (QED) is 0.846. The summed E-state index contributed by atoms with van der Waals surface area (Å²) in [6.07, 6.45) is 0. The van der Waals surface area contributed by atoms with Gasteiger partial charge in [-0.15, -0.1) is 0 Å². The number of ether oxygens (including phenoxy) is 1. The second kappa shape index (κ2) is 5.63. The highest BCUT2D eigenvalue weighted by atomic mass is 35.5. The zero-order valence-electron chi connectivity index (χ0n) is 10.3. The number of hydrogen-bond donors (Lipinski definition) is 2. The number of anilines is 2. The lowest BCUT2D eigenvalue weighted by Crippen LogP contribution is -2.13. The first-order valence-corrected chi connectivity index (χ1v) is 5.99. The van der Waals surface area contributed by atoms with Gasteiger partial charge in [0, 0.05) is 5.69 Å². The van der Waals surface area contributed by atoms with Gasteiger partial charge >= 0.3 is 0 Å². The Morgan fingerprint density at radius 3 is 2.74 bits per heavy atom. The molecule has 0 unspecified atom stereocenters. The summed E-state index contributed by atoms with van der Waals surface area (Å²) in [7, 11) is 1.51. The fourth-order valence-electron chi connectivity index (χ4n) is 1.66. The number of nitrogens with two attached hydrogens (primary N) is 1. The van der Waals surface area contributed by atoms with E-state index >= 15 is 0 Å². The first-order valence-electron chi connectivity index (χ1n) is 5.61. The van der Waals surface area contributed by atoms with Gasteiger partial charge in [-0.05, 0) is 30.3 Å². The van der Waals surface area contributed by atoms with Crippen LogP contribution < -0.4 is 15.8 Å². The smallest absolute Gasteiger partial charge is 0.259 e. The summed E-state index contributed by atoms with van der Waals surface area (Å²) in [5.74, 6) is 0.199. The van der Waals surface area contributed by atoms with Gasteiger partial charge in [-0.2, -0.15) is 0 Å². The molecule has 5 heteroatoms. The zero-order valence-corrected chi connectivity index (χ0v) is 11.1. The van der Waals surface area contributed by atoms with Crippen LogP contribution in [0.25, 0.3) is 0 Å². The monoisotopic (exact) mass is 276 g/mol. The maximum atomic E-state index is 12.2. The molecule has 19 heavy (non-hydrogen) atoms. The topological polar surface area (TPSA) is 64.3 Å². The minimum absolute atomic E-state index is 0.301. The number of benzene rings is 2. The number of carbonyl (C=O) groups is 1. The molecule has 2 aromatic carbocycles. The fraction of sp³-hybridized carbons (Fsp3) is 0.0714. The molecule has 0 aliphatic rings. The van der Waals surface area contributed by atoms with Crippen molar-refractivity contribution >= 4 is 28.9 Å². The van der Waals surface area contributed by atoms with Crippen molar-refractivity contribution < 1.29 is 9.53 Å². The predicted octanol–water partition coefficient (Wildman–Crippen LogP) is 3.18. The SMILES string of the molecule is COc1ccccc1C(=O)Nc1cc(N)ccc1Cl. The molecule has 0 bridgehead atoms. The number of para-hydroxylation sites is 1. The number of methoxy groups -OCH3 is 1. The van der Waals surface area contributed by atoms with Crippen LogP contribution >= 0.6 is 11.6 Å². The van der Waals surface area contributed by atoms with Crippen molar-refractivity contribution in [1.29, 1.82) is 0 Å². The number of hydrogen-bond acceptors (Lipinski definition) is 3. The van der Waals surface area contributed by atoms with Gasteiger partial charge in [0.05, 0.1) is 23.4 Å². The van der Waals surface area contributed by atoms with Gasteiger partial charge in [0.1, 0.15) is 5.75 Å². The van der Waals surface area contributed by atoms with Crippen LogP contribution in [0, 0.1) is 0 Å². The molecule has 0 saturated heterocycles. The molecule has 0 aliphatic carbocycles. The maximum absolute atomic E-state index is 12.2. The minimum atomic E-state index is -0.301. The van der Waals surface area contributed by atoms with Gasteiger partial charge in [0.2, 0.25) is 0 Å². The van der Waals surface area contributed by atoms with Crippen LogP contribution in [-0.2, 0) is 0 Å². The predicted molar refractivity (Wildman–Crippen MR) is 76.8 cm³/mol. The fourth-order valence-corrected chi connectivity index (χ4v) is 1.83. The van der Waals surface area contributed by atoms with Crippen molar-refractivity contribution in [3.63, 3.8) is 0 Å². The third kappa shape index (κ3) is 2.98. The molecular formula is C14H13ClN2O2. The Kier molecular flexibility index (Phi) is 3.92. The van der Waals surface area contributed by atoms with E-state index in [4.69, 9.17) is 22.1 Å². The van der Waals surface area contributed by atoms with E-state index in [2.05, 4.69) is 5.32 Å². The highest BCUT2D eigenvalue weighted by Gasteiger charge is 2.13. The van der Waals surface area contributed by atoms with E-state index < -0.39 is 0 Å². The molecule has 0 aromatic heterocycles. The largest absolute Gasteiger partial charge is 0.496 e. The molecule has 0 atom stereocenters. The summed E-state index contributed by atoms with van der Waals surface area (Å²) >= 11 is 6.00. The Labute approximate surface area is 116 Å². The number of rotatable bonds is 3. The lowest BCUT2D eigenvalue weighted by molar-refractivity contribution is 0.102. The van der Waals surface area contributed by atoms with Crippen LogP contribution in [0.4, 0.5) is 11.4 Å². The zero-order chi connectivity index (χ0) is 13.8. The summed E-state index contributed by atoms with van der Waals surface area (Å²) in [5.41, 5.74) is 7.09. The summed E-state index contributed by atoms with van der Waals surface area (Å²) in [4.78, 5) is 12.2. The summed E-state index contributed by atoms with van der Waals surface area (Å²) in [6, 6.07) is 11.9. The van der Waals surface area contributed by atoms with Gasteiger partial charge in [0.15, 0.2) is 0 Å². The van der Waals surface area contributed by atoms with E-state index in [-0.39, 0.29) is 5.91 Å². The maximum Gasteiger partial charge on any atom is 0.259 e. The van der Waals surface area contributed by atoms with E-state index in [9.17, 15) is 4.79 Å². The molecule has 0 heterocycles. The minimum Gasteiger partial charge on any atom is -0.496 e. The average molecular weight is 277 g/mol. The normalized spacial score (nSPS) is 10.0. The second-order valence-electron chi connectivity index (χ2n) is 3.89. The average Bonchev–Trinajstić information content (AvgIpc) is 2.42. The van der Waals surface area contributed by atoms with E-state index in [0.29, 0.717) is 27.7 Å². The van der Waals surface area contributed by atoms with E-state index in [0.717, 1.165) is 0 Å². The number of halogens is 1. The first-order chi connectivity index (χ1) is 9.11. The lowest BCUT2D eigenvalue weighted by Gasteiger charge is -2.10. The molecule has 2 rings (SSSR count). The van der Waals surface area contributed by atoms with E-state index in [1.54, 1.807) is 42.5 Å². The highest BCUT2D eigenvalue weighted by Crippen LogP contribution is 2.26. The van der Waals surface area contributed by atoms with Crippen LogP contribution in [0.15, 0.2) is 42.5 Å². The highest BCUT2D eigenvalue weighted by molar-refractivity contribution is 6.34. The summed E-state index contributed by atoms with van der Waals surface area (Å²) in [5, 5.41) is 3.14. The first kappa shape index (κ1) is 13.2. The number of nitrogens with one attached hydrogen (secondary N) is 1. The van der Waals surface area contributed by atoms with Crippen molar-refractivity contribution in [1.82, 2.24) is 0 Å². The Morgan fingerprint density at radius 1 is 1.26 bits per heavy atom. The molecular weight excluding hydrogens is 264 g/mol. The number of carbonyl (C=O) groups excluding carboxylic acids is 1. The molecule has 0 spiro atoms. The van der Waals surface area contributed by atoms with E-state index in [1.807, 2.05) is 0 Å². The molecule has 0 saturated carbocycles. The van der Waals surface area contributed by atoms with Gasteiger partial charge in [0.25, 0.3) is 5.91 Å². The van der Waals surface area contributed by atoms with Crippen LogP contribution in [0.1, 0.15) is 10.4 Å². The lowest BCUT2D eigenvalue weighted by atomic mass is 10.2. The molecule has 0 aliphatic heterocycles. The third-order valence-electron chi connectivity index (χ3n) is 2.59. The summed E-state index contributed by atoms with van der Waals surface area (Å²) < 4.78 is 5.14. The second-order valence-corrected chi connectivity index (χ2v) is 4.30. The van der Waals surface area contributed by atoms with Crippen LogP contribution in [0.5, 0.6) is 5.75 Å². The van der Waals surface area contributed by atoms with Gasteiger partial charge < -0.3 is 15.8 Å². The Morgan fingerprint density at radius 2 is 2.00 bits per heavy atom. The molecule has 4 nitrogen and oxygen atoms in total. The van der Waals surface area contributed by atoms with Gasteiger partial charge in [-0.3, -0.25) is 4.79 Å². The van der Waals surface area contributed by atoms with Crippen molar-refractivity contribution in [2.45, 2.75) is 0 Å². The van der Waals surface area contributed by atoms with Gasteiger partial charge in [-0.25, -0.2) is 0 Å². The number of nitrogen functional groups attached to an aromatic ring is 1. The van der Waals surface area contributed by atoms with Crippen molar-refractivity contribution in [3.8, 4) is 5.75 Å². The number of amides is 1. The van der Waals surface area contributed by atoms with Crippen LogP contribution in [0.3, 0.4) is 0 Å². The molecule has 3 N–H and O–H groups in total. The Hall–Kier alpha value is -2.20. The van der Waals surface area contributed by atoms with Crippen LogP contribution in [-0.4, -0.2) is 13.0 Å². The third-order valence-corrected chi connectivity index (χ3v) is 2.92. The van der Waals surface area contributed by atoms with Crippen molar-refractivity contribution in [2.24, 2.45) is 0 Å². The molecule has 2 aromatic rings. The molecule has 0 radical (unpaired) electrons. The van der Waals surface area contributed by atoms with Crippen molar-refractivity contribution in [3.05, 3.63) is 53.1 Å². The van der Waals surface area contributed by atoms with E-state index in [1.165, 1.54) is 7.11 Å². The van der Waals surface area contributed by atoms with Crippen LogP contribution in [0.2, 0.25) is 5.02 Å². The standard InChI is InChI=1S/C14H13ClN2O2/c1-19-13-5-3-2-4-10(13)14(18)17-12-8-9(16)6-7-11(12)15/h2-8H,16H2,1H3,(H,17,18). The summed E-state index contributed by atoms with van der Waals surface area (Å²) in [6.45, 7) is 0. The van der Waals surface area contributed by atoms with Gasteiger partial charge in [-0.1, -0.05) is 23.7 Å².